The zero-order chi connectivity index (χ0) is 31.8. The average molecular weight is 662 g/mol. The summed E-state index contributed by atoms with van der Waals surface area (Å²) < 4.78 is 66.0. The minimum absolute atomic E-state index is 0. The van der Waals surface area contributed by atoms with Crippen molar-refractivity contribution in [3.63, 3.8) is 0 Å². The summed E-state index contributed by atoms with van der Waals surface area (Å²) in [5.41, 5.74) is 1.69. The third kappa shape index (κ3) is 18.5. The van der Waals surface area contributed by atoms with Crippen LogP contribution in [0.2, 0.25) is 0 Å². The first-order chi connectivity index (χ1) is 19.4. The number of ether oxygens (including phenoxy) is 6. The third-order valence-electron chi connectivity index (χ3n) is 4.21. The van der Waals surface area contributed by atoms with Crippen molar-refractivity contribution < 1.29 is 74.4 Å². The zero-order valence-electron chi connectivity index (χ0n) is 24.4. The van der Waals surface area contributed by atoms with E-state index in [1.54, 1.807) is 67.2 Å². The largest absolute Gasteiger partial charge is 1.00 e. The van der Waals surface area contributed by atoms with Gasteiger partial charge in [-0.2, -0.15) is 10.5 Å². The van der Waals surface area contributed by atoms with Crippen LogP contribution in [0.5, 0.6) is 34.5 Å². The summed E-state index contributed by atoms with van der Waals surface area (Å²) in [5, 5.41) is 14.6. The number of hydrogen-bond acceptors (Lipinski definition) is 14. The Kier molecular flexibility index (Phi) is 25.4. The van der Waals surface area contributed by atoms with Gasteiger partial charge in [0.05, 0.1) is 67.9 Å². The second-order valence-electron chi connectivity index (χ2n) is 6.81. The van der Waals surface area contributed by atoms with Gasteiger partial charge in [0.15, 0.2) is 23.0 Å². The first kappa shape index (κ1) is 42.7. The van der Waals surface area contributed by atoms with Gasteiger partial charge in [-0.3, -0.25) is 9.98 Å². The van der Waals surface area contributed by atoms with Crippen LogP contribution in [0.25, 0.3) is 0 Å². The molecule has 0 saturated heterocycles. The van der Waals surface area contributed by atoms with Gasteiger partial charge < -0.3 is 28.4 Å². The summed E-state index contributed by atoms with van der Waals surface area (Å²) >= 11 is 0. The van der Waals surface area contributed by atoms with E-state index >= 15 is 0 Å². The van der Waals surface area contributed by atoms with Crippen LogP contribution in [-0.2, 0) is 17.1 Å². The monoisotopic (exact) mass is 660 g/mol. The maximum atomic E-state index is 8.49. The molecule has 2 rings (SSSR count). The first-order valence-electron chi connectivity index (χ1n) is 11.3. The Morgan fingerprint density at radius 3 is 1.00 bits per heavy atom. The van der Waals surface area contributed by atoms with Crippen molar-refractivity contribution in [1.82, 2.24) is 0 Å². The second-order valence-corrected chi connectivity index (χ2v) is 7.57. The van der Waals surface area contributed by atoms with E-state index in [2.05, 4.69) is 9.98 Å². The number of rotatable bonds is 11. The molecule has 2 aromatic rings. The van der Waals surface area contributed by atoms with E-state index in [-0.39, 0.29) is 17.1 Å². The van der Waals surface area contributed by atoms with E-state index in [0.717, 1.165) is 11.1 Å². The van der Waals surface area contributed by atoms with Crippen LogP contribution in [-0.4, -0.2) is 68.2 Å². The molecule has 0 heterocycles. The predicted molar refractivity (Wildman–Crippen MR) is 140 cm³/mol. The molecule has 0 N–H and O–H groups in total. The van der Waals surface area contributed by atoms with Crippen molar-refractivity contribution in [2.75, 3.05) is 55.7 Å². The quantitative estimate of drug-likeness (QED) is 0.170. The SMILES string of the molecule is CC#N.CC#N.COc1cc(C=NCCN=Cc2cc(OC)c(OC)c(OC)c2)cc(OC)c1OC.[Cu+].[O-][Cl+3]([O-])([O-])[O-]. The molecule has 0 bridgehead atoms. The summed E-state index contributed by atoms with van der Waals surface area (Å²) in [4.78, 5) is 8.83. The fourth-order valence-electron chi connectivity index (χ4n) is 2.81. The van der Waals surface area contributed by atoms with Gasteiger partial charge in [0.25, 0.3) is 0 Å². The molecular formula is C26H34ClCuN4O10. The Bertz CT molecular complexity index is 1040. The van der Waals surface area contributed by atoms with E-state index in [9.17, 15) is 0 Å². The van der Waals surface area contributed by atoms with Crippen LogP contribution >= 0.6 is 0 Å². The topological polar surface area (TPSA) is 220 Å². The molecule has 0 radical (unpaired) electrons. The minimum Gasteiger partial charge on any atom is -0.493 e. The number of hydrogen-bond donors (Lipinski definition) is 0. The molecule has 0 aromatic heterocycles. The van der Waals surface area contributed by atoms with Crippen molar-refractivity contribution in [2.24, 2.45) is 9.98 Å². The van der Waals surface area contributed by atoms with Crippen LogP contribution in [0.3, 0.4) is 0 Å². The van der Waals surface area contributed by atoms with Gasteiger partial charge >= 0.3 is 17.1 Å². The first-order valence-corrected chi connectivity index (χ1v) is 12.5. The van der Waals surface area contributed by atoms with E-state index < -0.39 is 10.2 Å². The fourth-order valence-corrected chi connectivity index (χ4v) is 2.81. The predicted octanol–water partition coefficient (Wildman–Crippen LogP) is -0.423. The molecule has 0 fully saturated rings. The van der Waals surface area contributed by atoms with E-state index in [1.807, 2.05) is 24.3 Å². The average Bonchev–Trinajstić information content (AvgIpc) is 2.93. The van der Waals surface area contributed by atoms with Gasteiger partial charge in [0.2, 0.25) is 11.5 Å². The van der Waals surface area contributed by atoms with E-state index in [1.165, 1.54) is 13.8 Å². The fraction of sp³-hybridized carbons (Fsp3) is 0.385. The number of halogens is 1. The maximum absolute atomic E-state index is 8.49. The van der Waals surface area contributed by atoms with Gasteiger partial charge in [0, 0.05) is 26.3 Å². The normalized spacial score (nSPS) is 9.67. The molecule has 0 aliphatic heterocycles. The van der Waals surface area contributed by atoms with Crippen LogP contribution in [0.1, 0.15) is 25.0 Å². The molecule has 0 aliphatic carbocycles. The summed E-state index contributed by atoms with van der Waals surface area (Å²) in [7, 11) is 4.51. The Morgan fingerprint density at radius 2 is 0.833 bits per heavy atom. The molecule has 0 saturated carbocycles. The molecule has 0 amide bonds. The van der Waals surface area contributed by atoms with Gasteiger partial charge in [-0.15, -0.1) is 10.2 Å². The molecule has 0 unspecified atom stereocenters. The number of benzene rings is 2. The molecule has 0 aliphatic rings. The van der Waals surface area contributed by atoms with Crippen molar-refractivity contribution in [2.45, 2.75) is 13.8 Å². The Hall–Kier alpha value is -3.79. The number of methoxy groups -OCH3 is 6. The van der Waals surface area contributed by atoms with E-state index in [4.69, 9.17) is 57.6 Å². The Balaban J connectivity index is -0.00000109. The Labute approximate surface area is 258 Å². The van der Waals surface area contributed by atoms with Crippen molar-refractivity contribution in [3.8, 4) is 46.6 Å². The molecule has 14 nitrogen and oxygen atoms in total. The molecule has 0 atom stereocenters. The van der Waals surface area contributed by atoms with Gasteiger partial charge in [0.1, 0.15) is 0 Å². The summed E-state index contributed by atoms with van der Waals surface area (Å²) in [6, 6.07) is 10.8. The van der Waals surface area contributed by atoms with Gasteiger partial charge in [-0.05, 0) is 35.4 Å². The molecule has 0 spiro atoms. The summed E-state index contributed by atoms with van der Waals surface area (Å²) in [6.07, 6.45) is 3.50. The molecule has 2 aromatic carbocycles. The van der Waals surface area contributed by atoms with E-state index in [0.29, 0.717) is 47.6 Å². The standard InChI is InChI=1S/C22H28N2O6.2C2H3N.ClHO4.Cu/c1-25-17-9-15(10-18(26-2)21(17)29-5)13-23-7-8-24-14-16-11-19(27-3)22(30-6)20(12-16)28-4;2*1-2-3;2-1(3,4)5;/h9-14H,7-8H2,1-6H3;2*1H3;(H,2,3,4,5);/q;;;;+1/p-1. The Morgan fingerprint density at radius 1 is 0.619 bits per heavy atom. The van der Waals surface area contributed by atoms with Crippen LogP contribution in [0.4, 0.5) is 0 Å². The molecule has 42 heavy (non-hydrogen) atoms. The third-order valence-corrected chi connectivity index (χ3v) is 4.21. The van der Waals surface area contributed by atoms with Crippen LogP contribution < -0.4 is 47.1 Å². The van der Waals surface area contributed by atoms with Crippen molar-refractivity contribution in [1.29, 1.82) is 10.5 Å². The minimum atomic E-state index is -4.94. The number of nitriles is 2. The van der Waals surface area contributed by atoms with Crippen molar-refractivity contribution >= 4 is 12.4 Å². The summed E-state index contributed by atoms with van der Waals surface area (Å²) in [5.74, 6) is 3.43. The number of nitrogens with zero attached hydrogens (tertiary/aromatic N) is 4. The van der Waals surface area contributed by atoms with Crippen LogP contribution in [0.15, 0.2) is 34.3 Å². The van der Waals surface area contributed by atoms with Gasteiger partial charge in [-0.1, -0.05) is 0 Å². The molecular weight excluding hydrogens is 627 g/mol. The zero-order valence-corrected chi connectivity index (χ0v) is 26.1. The second kappa shape index (κ2) is 25.0. The maximum Gasteiger partial charge on any atom is 1.00 e. The smallest absolute Gasteiger partial charge is 0.493 e. The van der Waals surface area contributed by atoms with Gasteiger partial charge in [-0.25, -0.2) is 18.6 Å². The summed E-state index contributed by atoms with van der Waals surface area (Å²) in [6.45, 7) is 3.91. The van der Waals surface area contributed by atoms with Crippen LogP contribution in [0, 0.1) is 32.9 Å². The number of aliphatic imine (C=N–C) groups is 2. The molecule has 236 valence electrons. The molecule has 16 heteroatoms. The van der Waals surface area contributed by atoms with Crippen molar-refractivity contribution in [3.05, 3.63) is 35.4 Å².